The Hall–Kier alpha value is -8.92. The molecule has 6 nitrogen and oxygen atoms in total. The van der Waals surface area contributed by atoms with Gasteiger partial charge in [-0.2, -0.15) is 5.26 Å². The van der Waals surface area contributed by atoms with Gasteiger partial charge in [-0.3, -0.25) is 15.0 Å². The lowest BCUT2D eigenvalue weighted by atomic mass is 9.82. The fourth-order valence-corrected chi connectivity index (χ4v) is 11.1. The molecule has 5 aromatic heterocycles. The minimum absolute atomic E-state index is 0.539. The van der Waals surface area contributed by atoms with Gasteiger partial charge in [0, 0.05) is 79.2 Å². The number of fused-ring (bicyclic) bond motifs is 6. The Balaban J connectivity index is 1.30. The van der Waals surface area contributed by atoms with Crippen molar-refractivity contribution in [2.24, 2.45) is 0 Å². The number of benzene rings is 9. The average molecular weight is 813 g/mol. The Labute approximate surface area is 365 Å². The molecular formula is C58H32N6. The standard InChI is InChI=1S/C58H32N6/c59-28-42-57(63-46-24-12-22-40-39-26-27-60-29-43(39)41-23-13-25-47(63)54(41)53(40)46)51(35-16-6-2-7-17-35)50(34-14-4-1-5-15-34)52(36-18-8-3-9-19-36)58(42)64-48-32-61-30-44-37-20-10-11-21-38(37)45-31-62-33-49(64)56(45)55(44)48/h1-27,29-33H. The summed E-state index contributed by atoms with van der Waals surface area (Å²) in [6, 6.07) is 58.6. The summed E-state index contributed by atoms with van der Waals surface area (Å²) in [4.78, 5) is 14.5. The zero-order valence-electron chi connectivity index (χ0n) is 34.2. The number of nitriles is 1. The van der Waals surface area contributed by atoms with Crippen LogP contribution in [-0.4, -0.2) is 24.1 Å². The lowest BCUT2D eigenvalue weighted by molar-refractivity contribution is 1.11. The Morgan fingerprint density at radius 1 is 0.328 bits per heavy atom. The first-order chi connectivity index (χ1) is 31.8. The summed E-state index contributed by atoms with van der Waals surface area (Å²) >= 11 is 0. The summed E-state index contributed by atoms with van der Waals surface area (Å²) in [6.45, 7) is 0. The summed E-state index contributed by atoms with van der Waals surface area (Å²) < 4.78 is 4.66. The lowest BCUT2D eigenvalue weighted by Crippen LogP contribution is -2.11. The fourth-order valence-electron chi connectivity index (χ4n) is 11.1. The highest BCUT2D eigenvalue weighted by atomic mass is 15.0. The van der Waals surface area contributed by atoms with Crippen molar-refractivity contribution in [3.8, 4) is 50.8 Å². The van der Waals surface area contributed by atoms with E-state index in [1.54, 1.807) is 0 Å². The molecule has 0 N–H and O–H groups in total. The molecule has 0 spiro atoms. The van der Waals surface area contributed by atoms with Gasteiger partial charge < -0.3 is 9.13 Å². The maximum atomic E-state index is 12.3. The SMILES string of the molecule is N#Cc1c(-n2c3cccc4c5ccncc5c5cccc2c5c43)c(-c2ccccc2)c(-c2ccccc2)c(-c2ccccc2)c1-n1c2cncc3c4ccccc4c4cncc1c4c32. The molecule has 0 atom stereocenters. The lowest BCUT2D eigenvalue weighted by Gasteiger charge is -2.27. The zero-order chi connectivity index (χ0) is 42.0. The Kier molecular flexibility index (Phi) is 7.08. The van der Waals surface area contributed by atoms with Crippen molar-refractivity contribution in [1.29, 1.82) is 5.26 Å². The van der Waals surface area contributed by atoms with E-state index in [1.165, 1.54) is 0 Å². The van der Waals surface area contributed by atoms with Crippen LogP contribution in [0.1, 0.15) is 5.56 Å². The van der Waals surface area contributed by atoms with Crippen LogP contribution in [0.25, 0.3) is 131 Å². The quantitative estimate of drug-likeness (QED) is 0.162. The molecule has 64 heavy (non-hydrogen) atoms. The minimum atomic E-state index is 0.539. The summed E-state index contributed by atoms with van der Waals surface area (Å²) in [7, 11) is 0. The smallest absolute Gasteiger partial charge is 0.104 e. The van der Waals surface area contributed by atoms with E-state index in [-0.39, 0.29) is 0 Å². The normalized spacial score (nSPS) is 12.0. The largest absolute Gasteiger partial charge is 0.307 e. The third kappa shape index (κ3) is 4.49. The van der Waals surface area contributed by atoms with Gasteiger partial charge in [0.05, 0.1) is 45.8 Å². The van der Waals surface area contributed by atoms with Crippen molar-refractivity contribution < 1.29 is 0 Å². The van der Waals surface area contributed by atoms with Crippen LogP contribution in [-0.2, 0) is 0 Å². The van der Waals surface area contributed by atoms with Gasteiger partial charge in [-0.15, -0.1) is 0 Å². The molecule has 5 heterocycles. The first-order valence-electron chi connectivity index (χ1n) is 21.5. The molecule has 6 heteroatoms. The van der Waals surface area contributed by atoms with Crippen LogP contribution in [0.15, 0.2) is 195 Å². The Morgan fingerprint density at radius 3 is 1.25 bits per heavy atom. The van der Waals surface area contributed by atoms with Gasteiger partial charge in [0.2, 0.25) is 0 Å². The van der Waals surface area contributed by atoms with E-state index in [4.69, 9.17) is 9.97 Å². The van der Waals surface area contributed by atoms with Crippen molar-refractivity contribution in [1.82, 2.24) is 24.1 Å². The second-order valence-electron chi connectivity index (χ2n) is 16.6. The van der Waals surface area contributed by atoms with Crippen LogP contribution in [0.3, 0.4) is 0 Å². The zero-order valence-corrected chi connectivity index (χ0v) is 34.2. The van der Waals surface area contributed by atoms with Crippen molar-refractivity contribution in [2.75, 3.05) is 0 Å². The topological polar surface area (TPSA) is 72.3 Å². The molecule has 0 aliphatic carbocycles. The number of nitrogens with zero attached hydrogens (tertiary/aromatic N) is 6. The van der Waals surface area contributed by atoms with Crippen LogP contribution in [0.5, 0.6) is 0 Å². The molecule has 0 saturated heterocycles. The van der Waals surface area contributed by atoms with E-state index in [2.05, 4.69) is 178 Å². The molecule has 0 fully saturated rings. The van der Waals surface area contributed by atoms with Crippen LogP contribution >= 0.6 is 0 Å². The number of hydrogen-bond donors (Lipinski definition) is 0. The number of hydrogen-bond acceptors (Lipinski definition) is 4. The number of pyridine rings is 3. The first-order valence-corrected chi connectivity index (χ1v) is 21.5. The highest BCUT2D eigenvalue weighted by Gasteiger charge is 2.33. The van der Waals surface area contributed by atoms with Crippen molar-refractivity contribution in [3.63, 3.8) is 0 Å². The maximum Gasteiger partial charge on any atom is 0.104 e. The molecule has 14 aromatic rings. The maximum absolute atomic E-state index is 12.3. The van der Waals surface area contributed by atoms with Gasteiger partial charge in [-0.25, -0.2) is 0 Å². The van der Waals surface area contributed by atoms with Crippen LogP contribution in [0.2, 0.25) is 0 Å². The Bertz CT molecular complexity index is 3820. The van der Waals surface area contributed by atoms with E-state index < -0.39 is 0 Å². The summed E-state index contributed by atoms with van der Waals surface area (Å²) in [5.74, 6) is 0. The summed E-state index contributed by atoms with van der Waals surface area (Å²) in [6.07, 6.45) is 11.8. The van der Waals surface area contributed by atoms with Crippen LogP contribution in [0.4, 0.5) is 0 Å². The van der Waals surface area contributed by atoms with Gasteiger partial charge >= 0.3 is 0 Å². The van der Waals surface area contributed by atoms with Gasteiger partial charge in [0.1, 0.15) is 11.6 Å². The Morgan fingerprint density at radius 2 is 0.734 bits per heavy atom. The molecular weight excluding hydrogens is 781 g/mol. The van der Waals surface area contributed by atoms with Crippen LogP contribution < -0.4 is 0 Å². The van der Waals surface area contributed by atoms with Gasteiger partial charge in [-0.1, -0.05) is 140 Å². The number of aromatic nitrogens is 5. The highest BCUT2D eigenvalue weighted by molar-refractivity contribution is 6.36. The average Bonchev–Trinajstić information content (AvgIpc) is 3.89. The van der Waals surface area contributed by atoms with Gasteiger partial charge in [0.15, 0.2) is 0 Å². The van der Waals surface area contributed by atoms with Gasteiger partial charge in [0.25, 0.3) is 0 Å². The van der Waals surface area contributed by atoms with E-state index in [1.807, 2.05) is 37.2 Å². The van der Waals surface area contributed by atoms with Gasteiger partial charge in [-0.05, 0) is 61.8 Å². The highest BCUT2D eigenvalue weighted by Crippen LogP contribution is 2.54. The van der Waals surface area contributed by atoms with E-state index >= 15 is 0 Å². The predicted octanol–water partition coefficient (Wildman–Crippen LogP) is 14.4. The monoisotopic (exact) mass is 812 g/mol. The number of rotatable bonds is 5. The van der Waals surface area contributed by atoms with E-state index in [9.17, 15) is 5.26 Å². The molecule has 0 bridgehead atoms. The van der Waals surface area contributed by atoms with Crippen LogP contribution in [0, 0.1) is 11.3 Å². The molecule has 0 radical (unpaired) electrons. The molecule has 9 aromatic carbocycles. The molecule has 14 rings (SSSR count). The first kappa shape index (κ1) is 34.8. The van der Waals surface area contributed by atoms with Crippen molar-refractivity contribution >= 4 is 86.7 Å². The molecule has 0 unspecified atom stereocenters. The minimum Gasteiger partial charge on any atom is -0.307 e. The van der Waals surface area contributed by atoms with Crippen molar-refractivity contribution in [2.45, 2.75) is 0 Å². The van der Waals surface area contributed by atoms with E-state index in [0.717, 1.165) is 131 Å². The van der Waals surface area contributed by atoms with E-state index in [0.29, 0.717) is 5.56 Å². The molecule has 294 valence electrons. The second-order valence-corrected chi connectivity index (χ2v) is 16.6. The molecule has 0 amide bonds. The molecule has 0 aliphatic rings. The second kappa shape index (κ2) is 13.0. The summed E-state index contributed by atoms with van der Waals surface area (Å²) in [5, 5.41) is 25.7. The fraction of sp³-hybridized carbons (Fsp3) is 0. The third-order valence-corrected chi connectivity index (χ3v) is 13.5. The third-order valence-electron chi connectivity index (χ3n) is 13.5. The molecule has 0 saturated carbocycles. The predicted molar refractivity (Wildman–Crippen MR) is 262 cm³/mol. The summed E-state index contributed by atoms with van der Waals surface area (Å²) in [5.41, 5.74) is 12.0. The molecule has 0 aliphatic heterocycles. The van der Waals surface area contributed by atoms with Crippen molar-refractivity contribution in [3.05, 3.63) is 200 Å².